The molecule has 0 unspecified atom stereocenters. The van der Waals surface area contributed by atoms with Crippen molar-refractivity contribution >= 4 is 23.8 Å². The van der Waals surface area contributed by atoms with Gasteiger partial charge in [0.1, 0.15) is 0 Å². The van der Waals surface area contributed by atoms with Gasteiger partial charge in [-0.25, -0.2) is 9.59 Å². The fraction of sp³-hybridized carbons (Fsp3) is 0.364. The highest BCUT2D eigenvalue weighted by Crippen LogP contribution is 2.16. The highest BCUT2D eigenvalue weighted by Gasteiger charge is 2.18. The van der Waals surface area contributed by atoms with Crippen molar-refractivity contribution in [2.75, 3.05) is 30.4 Å². The van der Waals surface area contributed by atoms with Crippen molar-refractivity contribution in [1.82, 2.24) is 19.5 Å². The molecule has 110 valence electrons. The molecule has 0 radical (unpaired) electrons. The van der Waals surface area contributed by atoms with Crippen molar-refractivity contribution in [3.63, 3.8) is 0 Å². The number of hydrogen-bond acceptors (Lipinski definition) is 8. The zero-order valence-corrected chi connectivity index (χ0v) is 11.1. The number of carbonyl (C=O) groups excluding carboxylic acids is 1. The number of amides is 1. The molecule has 1 amide bonds. The maximum atomic E-state index is 11.3. The van der Waals surface area contributed by atoms with Gasteiger partial charge in [0.25, 0.3) is 11.7 Å². The molecule has 0 saturated heterocycles. The number of nitrogens with one attached hydrogen (secondary N) is 1. The third kappa shape index (κ3) is 2.55. The molecule has 1 aliphatic rings. The molecule has 1 aliphatic heterocycles. The van der Waals surface area contributed by atoms with E-state index in [0.717, 1.165) is 17.5 Å². The highest BCUT2D eigenvalue weighted by molar-refractivity contribution is 5.82. The fourth-order valence-corrected chi connectivity index (χ4v) is 1.91. The largest absolute Gasteiger partial charge is 0.462 e. The van der Waals surface area contributed by atoms with Gasteiger partial charge in [-0.2, -0.15) is 9.97 Å². The molecule has 3 heterocycles. The van der Waals surface area contributed by atoms with E-state index in [9.17, 15) is 9.59 Å². The van der Waals surface area contributed by atoms with Gasteiger partial charge < -0.3 is 14.2 Å². The van der Waals surface area contributed by atoms with E-state index in [-0.39, 0.29) is 11.7 Å². The van der Waals surface area contributed by atoms with Crippen LogP contribution in [0.3, 0.4) is 0 Å². The SMILES string of the molecule is COC(=O)Nc1nc(N2CC=CCC2)nc2nc(=O)on12. The van der Waals surface area contributed by atoms with Crippen molar-refractivity contribution in [3.05, 3.63) is 22.7 Å². The van der Waals surface area contributed by atoms with Crippen molar-refractivity contribution in [3.8, 4) is 0 Å². The number of anilines is 2. The molecule has 0 saturated carbocycles. The summed E-state index contributed by atoms with van der Waals surface area (Å²) in [4.78, 5) is 36.4. The molecule has 0 spiro atoms. The molecule has 0 aromatic carbocycles. The van der Waals surface area contributed by atoms with Gasteiger partial charge in [0.15, 0.2) is 0 Å². The van der Waals surface area contributed by atoms with Crippen LogP contribution >= 0.6 is 0 Å². The summed E-state index contributed by atoms with van der Waals surface area (Å²) in [6.07, 6.45) is 4.17. The van der Waals surface area contributed by atoms with Crippen LogP contribution < -0.4 is 16.0 Å². The Morgan fingerprint density at radius 2 is 2.24 bits per heavy atom. The Morgan fingerprint density at radius 1 is 1.38 bits per heavy atom. The number of nitrogens with zero attached hydrogens (tertiary/aromatic N) is 5. The van der Waals surface area contributed by atoms with Crippen LogP contribution in [-0.4, -0.2) is 45.8 Å². The van der Waals surface area contributed by atoms with Gasteiger partial charge in [0.2, 0.25) is 5.95 Å². The third-order valence-electron chi connectivity index (χ3n) is 2.88. The number of rotatable bonds is 2. The second-order valence-electron chi connectivity index (χ2n) is 4.23. The number of aromatic nitrogens is 4. The van der Waals surface area contributed by atoms with Gasteiger partial charge in [-0.05, 0) is 6.42 Å². The molecule has 0 aliphatic carbocycles. The summed E-state index contributed by atoms with van der Waals surface area (Å²) in [7, 11) is 1.22. The van der Waals surface area contributed by atoms with Crippen LogP contribution in [0.5, 0.6) is 0 Å². The summed E-state index contributed by atoms with van der Waals surface area (Å²) in [5, 5.41) is 2.36. The minimum atomic E-state index is -0.826. The molecule has 0 fully saturated rings. The predicted octanol–water partition coefficient (Wildman–Crippen LogP) is 0.0221. The summed E-state index contributed by atoms with van der Waals surface area (Å²) >= 11 is 0. The summed E-state index contributed by atoms with van der Waals surface area (Å²) < 4.78 is 10.3. The van der Waals surface area contributed by atoms with Gasteiger partial charge >= 0.3 is 11.8 Å². The maximum absolute atomic E-state index is 11.3. The van der Waals surface area contributed by atoms with Crippen LogP contribution in [0.2, 0.25) is 0 Å². The van der Waals surface area contributed by atoms with Crippen LogP contribution in [-0.2, 0) is 4.74 Å². The molecule has 1 N–H and O–H groups in total. The summed E-state index contributed by atoms with van der Waals surface area (Å²) in [6.45, 7) is 1.36. The lowest BCUT2D eigenvalue weighted by molar-refractivity contribution is 0.186. The normalized spacial score (nSPS) is 14.4. The van der Waals surface area contributed by atoms with Crippen molar-refractivity contribution in [2.45, 2.75) is 6.42 Å². The smallest absolute Gasteiger partial charge is 0.453 e. The van der Waals surface area contributed by atoms with E-state index in [4.69, 9.17) is 4.52 Å². The topological polar surface area (TPSA) is 115 Å². The van der Waals surface area contributed by atoms with E-state index in [0.29, 0.717) is 12.5 Å². The van der Waals surface area contributed by atoms with Crippen molar-refractivity contribution in [1.29, 1.82) is 0 Å². The quantitative estimate of drug-likeness (QED) is 0.770. The number of carbonyl (C=O) groups is 1. The van der Waals surface area contributed by atoms with Gasteiger partial charge in [-0.1, -0.05) is 16.7 Å². The Hall–Kier alpha value is -2.91. The zero-order chi connectivity index (χ0) is 14.8. The van der Waals surface area contributed by atoms with Crippen LogP contribution in [0.25, 0.3) is 5.78 Å². The van der Waals surface area contributed by atoms with Crippen LogP contribution in [0.15, 0.2) is 21.5 Å². The zero-order valence-electron chi connectivity index (χ0n) is 11.1. The monoisotopic (exact) mass is 292 g/mol. The number of fused-ring (bicyclic) bond motifs is 1. The van der Waals surface area contributed by atoms with Gasteiger partial charge in [-0.3, -0.25) is 5.32 Å². The van der Waals surface area contributed by atoms with Crippen LogP contribution in [0.4, 0.5) is 16.7 Å². The lowest BCUT2D eigenvalue weighted by Crippen LogP contribution is -2.29. The van der Waals surface area contributed by atoms with Gasteiger partial charge in [0.05, 0.1) is 7.11 Å². The molecule has 10 nitrogen and oxygen atoms in total. The molecule has 0 atom stereocenters. The summed E-state index contributed by atoms with van der Waals surface area (Å²) in [5.74, 6) is -0.482. The molecular weight excluding hydrogens is 280 g/mol. The van der Waals surface area contributed by atoms with E-state index in [1.807, 2.05) is 11.0 Å². The standard InChI is InChI=1S/C11H12N6O4/c1-20-10(18)14-8-12-7(16-5-3-2-4-6-16)13-9-15-11(19)21-17(8)9/h2-3H,4-6H2,1H3,(H,12,13,14,15,18,19). The van der Waals surface area contributed by atoms with Crippen LogP contribution in [0.1, 0.15) is 6.42 Å². The Balaban J connectivity index is 2.07. The first-order valence-corrected chi connectivity index (χ1v) is 6.20. The Bertz CT molecular complexity index is 764. The third-order valence-corrected chi connectivity index (χ3v) is 2.88. The molecule has 0 bridgehead atoms. The van der Waals surface area contributed by atoms with E-state index in [1.165, 1.54) is 7.11 Å². The average Bonchev–Trinajstić information content (AvgIpc) is 2.88. The summed E-state index contributed by atoms with van der Waals surface area (Å²) in [6, 6.07) is 0. The van der Waals surface area contributed by atoms with E-state index in [2.05, 4.69) is 31.1 Å². The number of methoxy groups -OCH3 is 1. The van der Waals surface area contributed by atoms with Gasteiger partial charge in [-0.15, -0.1) is 4.98 Å². The van der Waals surface area contributed by atoms with Gasteiger partial charge in [0, 0.05) is 13.1 Å². The number of hydrogen-bond donors (Lipinski definition) is 1. The summed E-state index contributed by atoms with van der Waals surface area (Å²) in [5.41, 5.74) is 0. The van der Waals surface area contributed by atoms with E-state index in [1.54, 1.807) is 0 Å². The lowest BCUT2D eigenvalue weighted by atomic mass is 10.3. The molecular formula is C11H12N6O4. The molecule has 10 heteroatoms. The minimum Gasteiger partial charge on any atom is -0.453 e. The highest BCUT2D eigenvalue weighted by atomic mass is 16.5. The average molecular weight is 292 g/mol. The predicted molar refractivity (Wildman–Crippen MR) is 71.3 cm³/mol. The molecule has 21 heavy (non-hydrogen) atoms. The number of ether oxygens (including phenoxy) is 1. The second-order valence-corrected chi connectivity index (χ2v) is 4.23. The Labute approximate surface area is 118 Å². The first kappa shape index (κ1) is 13.1. The van der Waals surface area contributed by atoms with Crippen molar-refractivity contribution in [2.24, 2.45) is 0 Å². The molecule has 2 aromatic rings. The lowest BCUT2D eigenvalue weighted by Gasteiger charge is -2.23. The Kier molecular flexibility index (Phi) is 3.26. The maximum Gasteiger partial charge on any atom is 0.462 e. The van der Waals surface area contributed by atoms with Crippen molar-refractivity contribution < 1.29 is 14.1 Å². The Morgan fingerprint density at radius 3 is 2.95 bits per heavy atom. The van der Waals surface area contributed by atoms with E-state index >= 15 is 0 Å². The van der Waals surface area contributed by atoms with Crippen LogP contribution in [0, 0.1) is 0 Å². The first-order valence-electron chi connectivity index (χ1n) is 6.20. The molecule has 2 aromatic heterocycles. The fourth-order valence-electron chi connectivity index (χ4n) is 1.91. The molecule has 3 rings (SSSR count). The minimum absolute atomic E-state index is 0.0194. The van der Waals surface area contributed by atoms with E-state index < -0.39 is 11.8 Å². The second kappa shape index (κ2) is 5.23. The first-order chi connectivity index (χ1) is 10.2.